The van der Waals surface area contributed by atoms with Crippen molar-refractivity contribution in [2.75, 3.05) is 32.2 Å². The lowest BCUT2D eigenvalue weighted by atomic mass is 10.1. The molecule has 28 heavy (non-hydrogen) atoms. The number of carbonyl (C=O) groups is 2. The van der Waals surface area contributed by atoms with Gasteiger partial charge in [-0.1, -0.05) is 18.2 Å². The zero-order chi connectivity index (χ0) is 20.1. The van der Waals surface area contributed by atoms with Crippen LogP contribution in [0.15, 0.2) is 42.5 Å². The molecule has 1 fully saturated rings. The van der Waals surface area contributed by atoms with Crippen LogP contribution in [0.5, 0.6) is 11.5 Å². The minimum Gasteiger partial charge on any atom is -0.493 e. The van der Waals surface area contributed by atoms with Gasteiger partial charge < -0.3 is 19.7 Å². The van der Waals surface area contributed by atoms with Crippen molar-refractivity contribution in [1.82, 2.24) is 5.32 Å². The van der Waals surface area contributed by atoms with Crippen molar-refractivity contribution >= 4 is 17.5 Å². The molecule has 2 aromatic rings. The lowest BCUT2D eigenvalue weighted by Gasteiger charge is -2.18. The molecular formula is C21H23FN2O4. The summed E-state index contributed by atoms with van der Waals surface area (Å²) in [5, 5.41) is 2.80. The van der Waals surface area contributed by atoms with Gasteiger partial charge in [0, 0.05) is 31.3 Å². The standard InChI is InChI=1S/C21H23FN2O4/c1-27-18-8-7-16(12-19(18)28-2)24-13-15(11-20(24)25)21(26)23-10-9-14-5-3-4-6-17(14)22/h3-8,12,15H,9-11,13H2,1-2H3,(H,23,26). The Hall–Kier alpha value is -3.09. The van der Waals surface area contributed by atoms with Gasteiger partial charge in [0.2, 0.25) is 11.8 Å². The summed E-state index contributed by atoms with van der Waals surface area (Å²) in [6.45, 7) is 0.612. The summed E-state index contributed by atoms with van der Waals surface area (Å²) in [4.78, 5) is 26.4. The number of hydrogen-bond acceptors (Lipinski definition) is 4. The third-order valence-corrected chi connectivity index (χ3v) is 4.83. The van der Waals surface area contributed by atoms with Crippen LogP contribution in [0.3, 0.4) is 0 Å². The van der Waals surface area contributed by atoms with Crippen molar-refractivity contribution in [1.29, 1.82) is 0 Å². The second-order valence-corrected chi connectivity index (χ2v) is 6.58. The monoisotopic (exact) mass is 386 g/mol. The van der Waals surface area contributed by atoms with Gasteiger partial charge in [0.05, 0.1) is 20.1 Å². The number of anilines is 1. The van der Waals surface area contributed by atoms with Crippen molar-refractivity contribution in [3.8, 4) is 11.5 Å². The molecule has 1 atom stereocenters. The molecule has 1 unspecified atom stereocenters. The van der Waals surface area contributed by atoms with Crippen molar-refractivity contribution in [3.63, 3.8) is 0 Å². The molecule has 1 saturated heterocycles. The quantitative estimate of drug-likeness (QED) is 0.794. The summed E-state index contributed by atoms with van der Waals surface area (Å²) in [5.41, 5.74) is 1.21. The van der Waals surface area contributed by atoms with E-state index in [1.165, 1.54) is 13.2 Å². The molecule has 2 amide bonds. The molecule has 1 aliphatic rings. The molecule has 0 aliphatic carbocycles. The molecule has 0 saturated carbocycles. The summed E-state index contributed by atoms with van der Waals surface area (Å²) in [5.74, 6) is 0.0358. The second-order valence-electron chi connectivity index (χ2n) is 6.58. The van der Waals surface area contributed by atoms with E-state index in [0.717, 1.165) is 0 Å². The zero-order valence-electron chi connectivity index (χ0n) is 15.9. The maximum absolute atomic E-state index is 13.6. The maximum atomic E-state index is 13.6. The Kier molecular flexibility index (Phi) is 6.13. The fraction of sp³-hybridized carbons (Fsp3) is 0.333. The first-order chi connectivity index (χ1) is 13.5. The Morgan fingerprint density at radius 3 is 2.64 bits per heavy atom. The number of nitrogens with one attached hydrogen (secondary N) is 1. The number of rotatable bonds is 7. The first kappa shape index (κ1) is 19.7. The van der Waals surface area contributed by atoms with E-state index in [0.29, 0.717) is 42.3 Å². The van der Waals surface area contributed by atoms with Crippen LogP contribution in [0.4, 0.5) is 10.1 Å². The summed E-state index contributed by atoms with van der Waals surface area (Å²) < 4.78 is 24.1. The molecule has 1 aliphatic heterocycles. The van der Waals surface area contributed by atoms with E-state index in [1.807, 2.05) is 0 Å². The lowest BCUT2D eigenvalue weighted by molar-refractivity contribution is -0.126. The second kappa shape index (κ2) is 8.73. The number of benzene rings is 2. The van der Waals surface area contributed by atoms with Crippen LogP contribution in [0.1, 0.15) is 12.0 Å². The van der Waals surface area contributed by atoms with Crippen molar-refractivity contribution in [3.05, 3.63) is 53.8 Å². The number of carbonyl (C=O) groups excluding carboxylic acids is 2. The SMILES string of the molecule is COc1ccc(N2CC(C(=O)NCCc3ccccc3F)CC2=O)cc1OC. The van der Waals surface area contributed by atoms with Crippen LogP contribution in [-0.2, 0) is 16.0 Å². The number of ether oxygens (including phenoxy) is 2. The average Bonchev–Trinajstić information content (AvgIpc) is 3.10. The van der Waals surface area contributed by atoms with E-state index in [4.69, 9.17) is 9.47 Å². The van der Waals surface area contributed by atoms with E-state index in [-0.39, 0.29) is 24.1 Å². The zero-order valence-corrected chi connectivity index (χ0v) is 15.9. The predicted octanol–water partition coefficient (Wildman–Crippen LogP) is 2.55. The molecule has 6 nitrogen and oxygen atoms in total. The van der Waals surface area contributed by atoms with E-state index in [9.17, 15) is 14.0 Å². The van der Waals surface area contributed by atoms with Crippen LogP contribution in [-0.4, -0.2) is 39.1 Å². The van der Waals surface area contributed by atoms with Gasteiger partial charge in [-0.2, -0.15) is 0 Å². The molecule has 1 N–H and O–H groups in total. The largest absolute Gasteiger partial charge is 0.493 e. The molecule has 0 aromatic heterocycles. The number of nitrogens with zero attached hydrogens (tertiary/aromatic N) is 1. The molecule has 7 heteroatoms. The van der Waals surface area contributed by atoms with Crippen LogP contribution < -0.4 is 19.7 Å². The van der Waals surface area contributed by atoms with Gasteiger partial charge >= 0.3 is 0 Å². The van der Waals surface area contributed by atoms with Gasteiger partial charge in [-0.25, -0.2) is 4.39 Å². The smallest absolute Gasteiger partial charge is 0.227 e. The third-order valence-electron chi connectivity index (χ3n) is 4.83. The van der Waals surface area contributed by atoms with E-state index in [1.54, 1.807) is 48.4 Å². The molecular weight excluding hydrogens is 363 g/mol. The van der Waals surface area contributed by atoms with Crippen molar-refractivity contribution in [2.45, 2.75) is 12.8 Å². The van der Waals surface area contributed by atoms with Crippen molar-refractivity contribution in [2.24, 2.45) is 5.92 Å². The average molecular weight is 386 g/mol. The normalized spacial score (nSPS) is 16.2. The van der Waals surface area contributed by atoms with Crippen LogP contribution in [0.25, 0.3) is 0 Å². The highest BCUT2D eigenvalue weighted by molar-refractivity contribution is 6.00. The Morgan fingerprint density at radius 2 is 1.93 bits per heavy atom. The lowest BCUT2D eigenvalue weighted by Crippen LogP contribution is -2.34. The summed E-state index contributed by atoms with van der Waals surface area (Å²) in [6.07, 6.45) is 0.540. The predicted molar refractivity (Wildman–Crippen MR) is 103 cm³/mol. The Morgan fingerprint density at radius 1 is 1.18 bits per heavy atom. The first-order valence-electron chi connectivity index (χ1n) is 9.07. The van der Waals surface area contributed by atoms with Gasteiger partial charge in [0.1, 0.15) is 5.82 Å². The van der Waals surface area contributed by atoms with E-state index >= 15 is 0 Å². The number of methoxy groups -OCH3 is 2. The molecule has 1 heterocycles. The minimum absolute atomic E-state index is 0.124. The molecule has 0 radical (unpaired) electrons. The maximum Gasteiger partial charge on any atom is 0.227 e. The number of amides is 2. The molecule has 3 rings (SSSR count). The Bertz CT molecular complexity index is 871. The first-order valence-corrected chi connectivity index (χ1v) is 9.07. The minimum atomic E-state index is -0.443. The van der Waals surface area contributed by atoms with Gasteiger partial charge in [-0.15, -0.1) is 0 Å². The van der Waals surface area contributed by atoms with Crippen LogP contribution in [0, 0.1) is 11.7 Å². The molecule has 2 aromatic carbocycles. The number of hydrogen-bond donors (Lipinski definition) is 1. The van der Waals surface area contributed by atoms with Gasteiger partial charge in [0.15, 0.2) is 11.5 Å². The fourth-order valence-corrected chi connectivity index (χ4v) is 3.29. The van der Waals surface area contributed by atoms with Gasteiger partial charge in [-0.3, -0.25) is 9.59 Å². The topological polar surface area (TPSA) is 67.9 Å². The third kappa shape index (κ3) is 4.24. The van der Waals surface area contributed by atoms with Crippen molar-refractivity contribution < 1.29 is 23.5 Å². The Labute approximate surface area is 163 Å². The molecule has 0 spiro atoms. The van der Waals surface area contributed by atoms with Gasteiger partial charge in [0.25, 0.3) is 0 Å². The fourth-order valence-electron chi connectivity index (χ4n) is 3.29. The highest BCUT2D eigenvalue weighted by Gasteiger charge is 2.35. The Balaban J connectivity index is 1.59. The molecule has 148 valence electrons. The number of halogens is 1. The summed E-state index contributed by atoms with van der Waals surface area (Å²) >= 11 is 0. The van der Waals surface area contributed by atoms with Crippen LogP contribution >= 0.6 is 0 Å². The van der Waals surface area contributed by atoms with Gasteiger partial charge in [-0.05, 0) is 30.2 Å². The summed E-state index contributed by atoms with van der Waals surface area (Å²) in [6, 6.07) is 11.7. The molecule has 0 bridgehead atoms. The van der Waals surface area contributed by atoms with E-state index in [2.05, 4.69) is 5.32 Å². The summed E-state index contributed by atoms with van der Waals surface area (Å²) in [7, 11) is 3.07. The highest BCUT2D eigenvalue weighted by Crippen LogP contribution is 2.34. The van der Waals surface area contributed by atoms with Crippen LogP contribution in [0.2, 0.25) is 0 Å². The van der Waals surface area contributed by atoms with E-state index < -0.39 is 5.92 Å². The highest BCUT2D eigenvalue weighted by atomic mass is 19.1.